The first-order chi connectivity index (χ1) is 13.7. The number of hydrogen-bond acceptors (Lipinski definition) is 5. The normalized spacial score (nSPS) is 14.8. The van der Waals surface area contributed by atoms with Crippen LogP contribution in [0.3, 0.4) is 0 Å². The van der Waals surface area contributed by atoms with E-state index in [2.05, 4.69) is 10.2 Å². The highest BCUT2D eigenvalue weighted by Gasteiger charge is 2.25. The molecule has 1 saturated heterocycles. The van der Waals surface area contributed by atoms with E-state index in [0.29, 0.717) is 29.7 Å². The van der Waals surface area contributed by atoms with Gasteiger partial charge in [-0.1, -0.05) is 29.8 Å². The van der Waals surface area contributed by atoms with E-state index in [1.807, 2.05) is 29.2 Å². The number of likely N-dealkylation sites (tertiary alicyclic amines) is 1. The monoisotopic (exact) mass is 397 g/mol. The van der Waals surface area contributed by atoms with Crippen molar-refractivity contribution in [1.29, 1.82) is 0 Å². The van der Waals surface area contributed by atoms with Crippen LogP contribution in [-0.4, -0.2) is 46.8 Å². The van der Waals surface area contributed by atoms with Crippen molar-refractivity contribution in [2.45, 2.75) is 18.9 Å². The average Bonchev–Trinajstić information content (AvgIpc) is 2.74. The Kier molecular flexibility index (Phi) is 5.58. The minimum absolute atomic E-state index is 0.0151. The Labute approximate surface area is 168 Å². The maximum absolute atomic E-state index is 12.4. The number of rotatable bonds is 5. The molecule has 1 amide bonds. The van der Waals surface area contributed by atoms with Crippen LogP contribution < -0.4 is 9.47 Å². The molecule has 1 aromatic heterocycles. The molecule has 0 bridgehead atoms. The van der Waals surface area contributed by atoms with Crippen LogP contribution in [0.5, 0.6) is 11.6 Å². The molecule has 0 spiro atoms. The van der Waals surface area contributed by atoms with Crippen LogP contribution in [0.2, 0.25) is 5.02 Å². The second-order valence-electron chi connectivity index (χ2n) is 6.68. The summed E-state index contributed by atoms with van der Waals surface area (Å²) in [6.45, 7) is 1.28. The molecule has 1 fully saturated rings. The zero-order valence-corrected chi connectivity index (χ0v) is 16.0. The second kappa shape index (κ2) is 8.44. The number of carbonyl (C=O) groups is 1. The molecule has 4 rings (SSSR count). The van der Waals surface area contributed by atoms with Crippen LogP contribution in [0.4, 0.5) is 0 Å². The largest absolute Gasteiger partial charge is 0.484 e. The van der Waals surface area contributed by atoms with Crippen molar-refractivity contribution in [2.24, 2.45) is 0 Å². The highest BCUT2D eigenvalue weighted by Crippen LogP contribution is 2.25. The predicted octanol–water partition coefficient (Wildman–Crippen LogP) is 3.73. The molecule has 0 aliphatic carbocycles. The molecule has 28 heavy (non-hydrogen) atoms. The van der Waals surface area contributed by atoms with E-state index in [9.17, 15) is 4.79 Å². The summed E-state index contributed by atoms with van der Waals surface area (Å²) < 4.78 is 11.6. The van der Waals surface area contributed by atoms with Crippen LogP contribution in [0.15, 0.2) is 54.7 Å². The maximum Gasteiger partial charge on any atom is 0.260 e. The van der Waals surface area contributed by atoms with E-state index in [1.165, 1.54) is 0 Å². The zero-order valence-electron chi connectivity index (χ0n) is 15.3. The van der Waals surface area contributed by atoms with Gasteiger partial charge in [-0.25, -0.2) is 0 Å². The third kappa shape index (κ3) is 4.34. The number of aromatic nitrogens is 2. The third-order valence-electron chi connectivity index (χ3n) is 4.79. The quantitative estimate of drug-likeness (QED) is 0.656. The molecule has 3 aromatic rings. The molecule has 0 radical (unpaired) electrons. The standard InChI is InChI=1S/C21H20ClN3O3/c22-16-5-7-17(8-6-16)27-14-20(26)25-11-9-18(10-12-25)28-21-19-4-2-1-3-15(19)13-23-24-21/h1-8,13,18H,9-12,14H2. The first-order valence-corrected chi connectivity index (χ1v) is 9.60. The summed E-state index contributed by atoms with van der Waals surface area (Å²) in [6.07, 6.45) is 3.24. The van der Waals surface area contributed by atoms with Crippen LogP contribution >= 0.6 is 11.6 Å². The molecule has 7 heteroatoms. The Balaban J connectivity index is 1.29. The number of piperidine rings is 1. The minimum Gasteiger partial charge on any atom is -0.484 e. The van der Waals surface area contributed by atoms with Gasteiger partial charge in [0.15, 0.2) is 6.61 Å². The number of halogens is 1. The predicted molar refractivity (Wildman–Crippen MR) is 107 cm³/mol. The van der Waals surface area contributed by atoms with Crippen molar-refractivity contribution in [3.05, 3.63) is 59.8 Å². The van der Waals surface area contributed by atoms with Gasteiger partial charge in [-0.15, -0.1) is 5.10 Å². The van der Waals surface area contributed by atoms with Gasteiger partial charge in [0, 0.05) is 41.7 Å². The van der Waals surface area contributed by atoms with Gasteiger partial charge in [0.25, 0.3) is 5.91 Å². The smallest absolute Gasteiger partial charge is 0.260 e. The molecular formula is C21H20ClN3O3. The van der Waals surface area contributed by atoms with Crippen molar-refractivity contribution in [3.63, 3.8) is 0 Å². The molecule has 0 saturated carbocycles. The van der Waals surface area contributed by atoms with Gasteiger partial charge in [-0.2, -0.15) is 5.10 Å². The van der Waals surface area contributed by atoms with E-state index < -0.39 is 0 Å². The van der Waals surface area contributed by atoms with Crippen molar-refractivity contribution in [2.75, 3.05) is 19.7 Å². The molecule has 144 valence electrons. The first kappa shape index (κ1) is 18.5. The highest BCUT2D eigenvalue weighted by atomic mass is 35.5. The Hall–Kier alpha value is -2.86. The summed E-state index contributed by atoms with van der Waals surface area (Å²) in [5, 5.41) is 10.7. The van der Waals surface area contributed by atoms with Gasteiger partial charge in [-0.05, 0) is 30.3 Å². The fourth-order valence-electron chi connectivity index (χ4n) is 3.24. The summed E-state index contributed by atoms with van der Waals surface area (Å²) in [5.41, 5.74) is 0. The van der Waals surface area contributed by atoms with Crippen LogP contribution in [0.25, 0.3) is 10.8 Å². The van der Waals surface area contributed by atoms with Gasteiger partial charge >= 0.3 is 0 Å². The zero-order chi connectivity index (χ0) is 19.3. The number of amides is 1. The number of carbonyl (C=O) groups excluding carboxylic acids is 1. The topological polar surface area (TPSA) is 64.5 Å². The van der Waals surface area contributed by atoms with Gasteiger partial charge < -0.3 is 14.4 Å². The molecule has 2 aromatic carbocycles. The molecule has 0 atom stereocenters. The average molecular weight is 398 g/mol. The minimum atomic E-state index is -0.0293. The number of fused-ring (bicyclic) bond motifs is 1. The summed E-state index contributed by atoms with van der Waals surface area (Å²) in [4.78, 5) is 14.2. The van der Waals surface area contributed by atoms with Crippen molar-refractivity contribution in [1.82, 2.24) is 15.1 Å². The molecule has 6 nitrogen and oxygen atoms in total. The van der Waals surface area contributed by atoms with E-state index in [0.717, 1.165) is 23.6 Å². The molecule has 2 heterocycles. The van der Waals surface area contributed by atoms with Gasteiger partial charge in [0.05, 0.1) is 6.20 Å². The van der Waals surface area contributed by atoms with Crippen molar-refractivity contribution < 1.29 is 14.3 Å². The van der Waals surface area contributed by atoms with Crippen LogP contribution in [0.1, 0.15) is 12.8 Å². The number of nitrogens with zero attached hydrogens (tertiary/aromatic N) is 3. The maximum atomic E-state index is 12.4. The van der Waals surface area contributed by atoms with Gasteiger partial charge in [0.2, 0.25) is 5.88 Å². The van der Waals surface area contributed by atoms with Crippen LogP contribution in [0, 0.1) is 0 Å². The van der Waals surface area contributed by atoms with E-state index in [1.54, 1.807) is 30.5 Å². The Morgan fingerprint density at radius 1 is 1.11 bits per heavy atom. The lowest BCUT2D eigenvalue weighted by atomic mass is 10.1. The van der Waals surface area contributed by atoms with Crippen LogP contribution in [-0.2, 0) is 4.79 Å². The third-order valence-corrected chi connectivity index (χ3v) is 5.04. The highest BCUT2D eigenvalue weighted by molar-refractivity contribution is 6.30. The first-order valence-electron chi connectivity index (χ1n) is 9.22. The van der Waals surface area contributed by atoms with Crippen molar-refractivity contribution >= 4 is 28.3 Å². The summed E-state index contributed by atoms with van der Waals surface area (Å²) in [7, 11) is 0. The Morgan fingerprint density at radius 2 is 1.86 bits per heavy atom. The van der Waals surface area contributed by atoms with E-state index in [-0.39, 0.29) is 18.6 Å². The van der Waals surface area contributed by atoms with E-state index in [4.69, 9.17) is 21.1 Å². The van der Waals surface area contributed by atoms with Gasteiger partial charge in [0.1, 0.15) is 11.9 Å². The fourth-order valence-corrected chi connectivity index (χ4v) is 3.36. The summed E-state index contributed by atoms with van der Waals surface area (Å²) >= 11 is 5.85. The molecular weight excluding hydrogens is 378 g/mol. The number of ether oxygens (including phenoxy) is 2. The lowest BCUT2D eigenvalue weighted by molar-refractivity contribution is -0.135. The summed E-state index contributed by atoms with van der Waals surface area (Å²) in [6, 6.07) is 14.9. The molecule has 1 aliphatic rings. The van der Waals surface area contributed by atoms with Gasteiger partial charge in [-0.3, -0.25) is 4.79 Å². The van der Waals surface area contributed by atoms with Crippen molar-refractivity contribution in [3.8, 4) is 11.6 Å². The number of benzene rings is 2. The SMILES string of the molecule is O=C(COc1ccc(Cl)cc1)N1CCC(Oc2nncc3ccccc23)CC1. The van der Waals surface area contributed by atoms with E-state index >= 15 is 0 Å². The summed E-state index contributed by atoms with van der Waals surface area (Å²) in [5.74, 6) is 1.15. The fraction of sp³-hybridized carbons (Fsp3) is 0.286. The second-order valence-corrected chi connectivity index (χ2v) is 7.11. The lowest BCUT2D eigenvalue weighted by Crippen LogP contribution is -2.43. The molecule has 0 N–H and O–H groups in total. The Morgan fingerprint density at radius 3 is 2.64 bits per heavy atom. The molecule has 0 unspecified atom stereocenters. The lowest BCUT2D eigenvalue weighted by Gasteiger charge is -2.32. The molecule has 1 aliphatic heterocycles. The number of hydrogen-bond donors (Lipinski definition) is 0. The Bertz CT molecular complexity index is 951.